The van der Waals surface area contributed by atoms with Gasteiger partial charge in [0.2, 0.25) is 11.7 Å². The predicted octanol–water partition coefficient (Wildman–Crippen LogP) is 3.16. The highest BCUT2D eigenvalue weighted by Gasteiger charge is 2.16. The molecule has 2 aromatic rings. The fraction of sp³-hybridized carbons (Fsp3) is 0.167. The minimum Gasteiger partial charge on any atom is -0.435 e. The van der Waals surface area contributed by atoms with E-state index in [4.69, 9.17) is 10.6 Å². The first-order chi connectivity index (χ1) is 9.56. The molecule has 0 atom stereocenters. The first-order valence-corrected chi connectivity index (χ1v) is 6.49. The highest BCUT2D eigenvalue weighted by atomic mass is 79.9. The van der Waals surface area contributed by atoms with Crippen LogP contribution in [-0.2, 0) is 6.42 Å². The number of hydrogen-bond donors (Lipinski definition) is 2. The molecular weight excluding hydrogens is 334 g/mol. The summed E-state index contributed by atoms with van der Waals surface area (Å²) in [4.78, 5) is 7.84. The van der Waals surface area contributed by atoms with Crippen molar-refractivity contribution in [3.05, 3.63) is 40.1 Å². The van der Waals surface area contributed by atoms with E-state index >= 15 is 0 Å². The molecule has 3 N–H and O–H groups in total. The lowest BCUT2D eigenvalue weighted by Crippen LogP contribution is -2.12. The molecule has 0 amide bonds. The summed E-state index contributed by atoms with van der Waals surface area (Å²) >= 11 is 3.07. The summed E-state index contributed by atoms with van der Waals surface area (Å²) in [6.07, 6.45) is 1.73. The average Bonchev–Trinajstić information content (AvgIpc) is 2.43. The number of nitrogens with zero attached hydrogens (tertiary/aromatic N) is 2. The third kappa shape index (κ3) is 2.86. The van der Waals surface area contributed by atoms with Crippen LogP contribution in [0.25, 0.3) is 0 Å². The molecule has 1 aromatic heterocycles. The van der Waals surface area contributed by atoms with Gasteiger partial charge in [-0.2, -0.15) is 4.39 Å². The maximum absolute atomic E-state index is 13.7. The molecule has 0 spiro atoms. The summed E-state index contributed by atoms with van der Waals surface area (Å²) in [5, 5.41) is 0. The van der Waals surface area contributed by atoms with Crippen molar-refractivity contribution in [3.8, 4) is 11.6 Å². The first kappa shape index (κ1) is 14.6. The SMILES string of the molecule is CCc1c(NN)ncnc1Oc1cc(Br)cc(F)c1F. The highest BCUT2D eigenvalue weighted by molar-refractivity contribution is 9.10. The Balaban J connectivity index is 2.45. The van der Waals surface area contributed by atoms with Gasteiger partial charge in [-0.1, -0.05) is 22.9 Å². The van der Waals surface area contributed by atoms with Gasteiger partial charge in [0.1, 0.15) is 12.1 Å². The number of nitrogen functional groups attached to an aromatic ring is 1. The molecule has 0 unspecified atom stereocenters. The van der Waals surface area contributed by atoms with Crippen molar-refractivity contribution in [2.75, 3.05) is 5.43 Å². The topological polar surface area (TPSA) is 73.1 Å². The zero-order valence-electron chi connectivity index (χ0n) is 10.5. The van der Waals surface area contributed by atoms with Gasteiger partial charge in [0.25, 0.3) is 0 Å². The molecule has 0 bridgehead atoms. The number of rotatable bonds is 4. The maximum atomic E-state index is 13.7. The van der Waals surface area contributed by atoms with Crippen molar-refractivity contribution in [3.63, 3.8) is 0 Å². The Labute approximate surface area is 122 Å². The van der Waals surface area contributed by atoms with Crippen LogP contribution in [0.1, 0.15) is 12.5 Å². The van der Waals surface area contributed by atoms with Gasteiger partial charge < -0.3 is 10.2 Å². The number of hydrogen-bond acceptors (Lipinski definition) is 5. The normalized spacial score (nSPS) is 10.4. The number of anilines is 1. The zero-order valence-corrected chi connectivity index (χ0v) is 12.0. The number of nitrogens with two attached hydrogens (primary N) is 1. The molecular formula is C12H11BrF2N4O. The van der Waals surface area contributed by atoms with Crippen LogP contribution in [0, 0.1) is 11.6 Å². The van der Waals surface area contributed by atoms with E-state index in [1.54, 1.807) is 0 Å². The van der Waals surface area contributed by atoms with Crippen molar-refractivity contribution in [1.82, 2.24) is 9.97 Å². The lowest BCUT2D eigenvalue weighted by molar-refractivity contribution is 0.401. The van der Waals surface area contributed by atoms with E-state index in [-0.39, 0.29) is 11.6 Å². The van der Waals surface area contributed by atoms with Gasteiger partial charge in [0.15, 0.2) is 11.6 Å². The van der Waals surface area contributed by atoms with Crippen molar-refractivity contribution in [2.45, 2.75) is 13.3 Å². The van der Waals surface area contributed by atoms with Crippen molar-refractivity contribution in [2.24, 2.45) is 5.84 Å². The Morgan fingerprint density at radius 1 is 1.35 bits per heavy atom. The third-order valence-corrected chi connectivity index (χ3v) is 3.02. The van der Waals surface area contributed by atoms with Crippen LogP contribution in [-0.4, -0.2) is 9.97 Å². The summed E-state index contributed by atoms with van der Waals surface area (Å²) in [6.45, 7) is 1.84. The molecule has 8 heteroatoms. The summed E-state index contributed by atoms with van der Waals surface area (Å²) in [7, 11) is 0. The van der Waals surface area contributed by atoms with E-state index in [0.717, 1.165) is 6.07 Å². The average molecular weight is 345 g/mol. The molecule has 1 heterocycles. The van der Waals surface area contributed by atoms with Crippen LogP contribution >= 0.6 is 15.9 Å². The van der Waals surface area contributed by atoms with E-state index in [1.807, 2.05) is 6.92 Å². The second-order valence-electron chi connectivity index (χ2n) is 3.81. The largest absolute Gasteiger partial charge is 0.435 e. The number of hydrazine groups is 1. The summed E-state index contributed by atoms with van der Waals surface area (Å²) in [5.74, 6) is 3.44. The molecule has 0 radical (unpaired) electrons. The molecule has 0 aliphatic rings. The van der Waals surface area contributed by atoms with Crippen LogP contribution in [0.5, 0.6) is 11.6 Å². The number of aromatic nitrogens is 2. The van der Waals surface area contributed by atoms with Gasteiger partial charge in [-0.05, 0) is 18.6 Å². The molecule has 0 aliphatic heterocycles. The molecule has 1 aromatic carbocycles. The number of nitrogens with one attached hydrogen (secondary N) is 1. The fourth-order valence-corrected chi connectivity index (χ4v) is 2.05. The highest BCUT2D eigenvalue weighted by Crippen LogP contribution is 2.31. The van der Waals surface area contributed by atoms with Gasteiger partial charge in [0.05, 0.1) is 5.56 Å². The van der Waals surface area contributed by atoms with Gasteiger partial charge in [-0.3, -0.25) is 0 Å². The second-order valence-corrected chi connectivity index (χ2v) is 4.72. The van der Waals surface area contributed by atoms with E-state index in [0.29, 0.717) is 22.3 Å². The fourth-order valence-electron chi connectivity index (χ4n) is 1.64. The standard InChI is InChI=1S/C12H11BrF2N4O/c1-2-7-11(19-16)17-5-18-12(7)20-9-4-6(13)3-8(14)10(9)15/h3-5H,2,16H2,1H3,(H,17,18,19). The van der Waals surface area contributed by atoms with Crippen LogP contribution < -0.4 is 16.0 Å². The minimum absolute atomic E-state index is 0.117. The Morgan fingerprint density at radius 2 is 2.10 bits per heavy atom. The summed E-state index contributed by atoms with van der Waals surface area (Å²) in [6, 6.07) is 2.32. The maximum Gasteiger partial charge on any atom is 0.227 e. The number of benzene rings is 1. The van der Waals surface area contributed by atoms with Crippen LogP contribution in [0.4, 0.5) is 14.6 Å². The molecule has 0 saturated carbocycles. The molecule has 0 fully saturated rings. The lowest BCUT2D eigenvalue weighted by atomic mass is 10.2. The van der Waals surface area contributed by atoms with Gasteiger partial charge in [-0.15, -0.1) is 0 Å². The smallest absolute Gasteiger partial charge is 0.227 e. The zero-order chi connectivity index (χ0) is 14.7. The molecule has 20 heavy (non-hydrogen) atoms. The van der Waals surface area contributed by atoms with E-state index < -0.39 is 11.6 Å². The Kier molecular flexibility index (Phi) is 4.46. The van der Waals surface area contributed by atoms with Crippen molar-refractivity contribution >= 4 is 21.7 Å². The summed E-state index contributed by atoms with van der Waals surface area (Å²) in [5.41, 5.74) is 2.97. The quantitative estimate of drug-likeness (QED) is 0.506. The molecule has 0 saturated heterocycles. The van der Waals surface area contributed by atoms with Crippen molar-refractivity contribution in [1.29, 1.82) is 0 Å². The van der Waals surface area contributed by atoms with Crippen molar-refractivity contribution < 1.29 is 13.5 Å². The van der Waals surface area contributed by atoms with Crippen LogP contribution in [0.3, 0.4) is 0 Å². The molecule has 2 rings (SSSR count). The van der Waals surface area contributed by atoms with Crippen LogP contribution in [0.15, 0.2) is 22.9 Å². The lowest BCUT2D eigenvalue weighted by Gasteiger charge is -2.12. The third-order valence-electron chi connectivity index (χ3n) is 2.56. The van der Waals surface area contributed by atoms with E-state index in [2.05, 4.69) is 31.3 Å². The van der Waals surface area contributed by atoms with E-state index in [1.165, 1.54) is 12.4 Å². The van der Waals surface area contributed by atoms with Gasteiger partial charge in [0, 0.05) is 4.47 Å². The minimum atomic E-state index is -1.09. The summed E-state index contributed by atoms with van der Waals surface area (Å²) < 4.78 is 32.7. The molecule has 106 valence electrons. The van der Waals surface area contributed by atoms with Gasteiger partial charge >= 0.3 is 0 Å². The van der Waals surface area contributed by atoms with E-state index in [9.17, 15) is 8.78 Å². The predicted molar refractivity (Wildman–Crippen MR) is 73.4 cm³/mol. The monoisotopic (exact) mass is 344 g/mol. The van der Waals surface area contributed by atoms with Crippen LogP contribution in [0.2, 0.25) is 0 Å². The Morgan fingerprint density at radius 3 is 2.75 bits per heavy atom. The molecule has 0 aliphatic carbocycles. The first-order valence-electron chi connectivity index (χ1n) is 5.69. The second kappa shape index (κ2) is 6.10. The Hall–Kier alpha value is -1.80. The Bertz CT molecular complexity index is 639. The number of halogens is 3. The molecule has 5 nitrogen and oxygen atoms in total. The van der Waals surface area contributed by atoms with Gasteiger partial charge in [-0.25, -0.2) is 20.2 Å². The number of ether oxygens (including phenoxy) is 1.